The number of nitrogens with zero attached hydrogens (tertiary/aromatic N) is 1. The number of hydrogen-bond donors (Lipinski definition) is 1. The van der Waals surface area contributed by atoms with Crippen LogP contribution in [0, 0.1) is 17.1 Å². The highest BCUT2D eigenvalue weighted by atomic mass is 19.1. The number of rotatable bonds is 2. The van der Waals surface area contributed by atoms with Gasteiger partial charge in [-0.2, -0.15) is 5.26 Å². The second kappa shape index (κ2) is 4.26. The summed E-state index contributed by atoms with van der Waals surface area (Å²) >= 11 is 0. The number of esters is 1. The van der Waals surface area contributed by atoms with Crippen molar-refractivity contribution in [1.29, 1.82) is 5.26 Å². The molecule has 0 radical (unpaired) electrons. The van der Waals surface area contributed by atoms with Gasteiger partial charge in [-0.15, -0.1) is 0 Å². The topological polar surface area (TPSA) is 65.9 Å². The summed E-state index contributed by atoms with van der Waals surface area (Å²) < 4.78 is 18.4. The Morgan fingerprint density at radius 3 is 2.94 bits per heavy atom. The molecule has 2 rings (SSSR count). The van der Waals surface area contributed by atoms with Gasteiger partial charge in [0.25, 0.3) is 0 Å². The lowest BCUT2D eigenvalue weighted by Gasteiger charge is -1.96. The average Bonchev–Trinajstić information content (AvgIpc) is 2.73. The number of nitrogens with one attached hydrogen (secondary N) is 1. The molecule has 0 aliphatic rings. The Bertz CT molecular complexity index is 625. The van der Waals surface area contributed by atoms with Crippen LogP contribution in [-0.4, -0.2) is 17.6 Å². The van der Waals surface area contributed by atoms with Crippen molar-refractivity contribution in [2.24, 2.45) is 0 Å². The molecule has 0 saturated carbocycles. The Morgan fingerprint density at radius 1 is 1.53 bits per heavy atom. The zero-order chi connectivity index (χ0) is 12.4. The van der Waals surface area contributed by atoms with Crippen molar-refractivity contribution in [1.82, 2.24) is 4.98 Å². The van der Waals surface area contributed by atoms with E-state index in [1.807, 2.05) is 6.07 Å². The fourth-order valence-electron chi connectivity index (χ4n) is 1.58. The van der Waals surface area contributed by atoms with Crippen molar-refractivity contribution in [3.63, 3.8) is 0 Å². The molecular formula is C12H9FN2O2. The molecule has 0 fully saturated rings. The number of fused-ring (bicyclic) bond motifs is 1. The van der Waals surface area contributed by atoms with Gasteiger partial charge in [-0.25, -0.2) is 9.18 Å². The van der Waals surface area contributed by atoms with Gasteiger partial charge < -0.3 is 9.72 Å². The van der Waals surface area contributed by atoms with Gasteiger partial charge in [-0.05, 0) is 25.1 Å². The Labute approximate surface area is 96.6 Å². The maximum atomic E-state index is 13.6. The molecule has 17 heavy (non-hydrogen) atoms. The number of nitriles is 1. The lowest BCUT2D eigenvalue weighted by atomic mass is 10.1. The first-order valence-corrected chi connectivity index (χ1v) is 5.05. The third-order valence-electron chi connectivity index (χ3n) is 2.31. The molecule has 0 amide bonds. The lowest BCUT2D eigenvalue weighted by molar-refractivity contribution is 0.0520. The SMILES string of the molecule is CCOC(=O)c1cc2c(F)cc(C#N)cc2[nH]1. The van der Waals surface area contributed by atoms with Gasteiger partial charge in [-0.3, -0.25) is 0 Å². The first-order chi connectivity index (χ1) is 8.15. The van der Waals surface area contributed by atoms with Crippen molar-refractivity contribution >= 4 is 16.9 Å². The molecule has 0 bridgehead atoms. The minimum Gasteiger partial charge on any atom is -0.461 e. The number of carbonyl (C=O) groups excluding carboxylic acids is 1. The zero-order valence-electron chi connectivity index (χ0n) is 9.08. The summed E-state index contributed by atoms with van der Waals surface area (Å²) in [5.41, 5.74) is 0.785. The van der Waals surface area contributed by atoms with E-state index in [0.29, 0.717) is 5.52 Å². The minimum absolute atomic E-state index is 0.177. The van der Waals surface area contributed by atoms with E-state index in [0.717, 1.165) is 6.07 Å². The number of aromatic nitrogens is 1. The van der Waals surface area contributed by atoms with E-state index in [1.54, 1.807) is 6.92 Å². The van der Waals surface area contributed by atoms with E-state index in [9.17, 15) is 9.18 Å². The van der Waals surface area contributed by atoms with Crippen molar-refractivity contribution in [2.75, 3.05) is 6.61 Å². The van der Waals surface area contributed by atoms with E-state index >= 15 is 0 Å². The number of carbonyl (C=O) groups is 1. The predicted octanol–water partition coefficient (Wildman–Crippen LogP) is 2.36. The standard InChI is InChI=1S/C12H9FN2O2/c1-2-17-12(16)11-5-8-9(13)3-7(6-14)4-10(8)15-11/h3-5,15H,2H2,1H3. The van der Waals surface area contributed by atoms with Crippen molar-refractivity contribution in [3.05, 3.63) is 35.3 Å². The molecule has 5 heteroatoms. The van der Waals surface area contributed by atoms with Crippen LogP contribution in [0.1, 0.15) is 23.0 Å². The van der Waals surface area contributed by atoms with Gasteiger partial charge in [0.05, 0.1) is 23.8 Å². The molecular weight excluding hydrogens is 223 g/mol. The fourth-order valence-corrected chi connectivity index (χ4v) is 1.58. The quantitative estimate of drug-likeness (QED) is 0.808. The lowest BCUT2D eigenvalue weighted by Crippen LogP contribution is -2.04. The first-order valence-electron chi connectivity index (χ1n) is 5.05. The number of ether oxygens (including phenoxy) is 1. The Hall–Kier alpha value is -2.35. The molecule has 1 aromatic carbocycles. The van der Waals surface area contributed by atoms with Crippen molar-refractivity contribution < 1.29 is 13.9 Å². The Morgan fingerprint density at radius 2 is 2.29 bits per heavy atom. The Kier molecular flexibility index (Phi) is 2.79. The predicted molar refractivity (Wildman–Crippen MR) is 58.9 cm³/mol. The van der Waals surface area contributed by atoms with Crippen LogP contribution in [0.4, 0.5) is 4.39 Å². The van der Waals surface area contributed by atoms with Crippen LogP contribution in [-0.2, 0) is 4.74 Å². The van der Waals surface area contributed by atoms with Crippen LogP contribution in [0.5, 0.6) is 0 Å². The minimum atomic E-state index is -0.540. The van der Waals surface area contributed by atoms with E-state index in [2.05, 4.69) is 4.98 Å². The molecule has 0 atom stereocenters. The maximum absolute atomic E-state index is 13.6. The molecule has 0 unspecified atom stereocenters. The van der Waals surface area contributed by atoms with Gasteiger partial charge in [0.1, 0.15) is 11.5 Å². The highest BCUT2D eigenvalue weighted by Gasteiger charge is 2.13. The molecule has 1 aromatic heterocycles. The average molecular weight is 232 g/mol. The van der Waals surface area contributed by atoms with Gasteiger partial charge >= 0.3 is 5.97 Å². The van der Waals surface area contributed by atoms with Crippen molar-refractivity contribution in [3.8, 4) is 6.07 Å². The summed E-state index contributed by atoms with van der Waals surface area (Å²) in [7, 11) is 0. The van der Waals surface area contributed by atoms with Crippen LogP contribution >= 0.6 is 0 Å². The third-order valence-corrected chi connectivity index (χ3v) is 2.31. The summed E-state index contributed by atoms with van der Waals surface area (Å²) in [4.78, 5) is 14.2. The first kappa shape index (κ1) is 11.1. The van der Waals surface area contributed by atoms with Gasteiger partial charge in [0.2, 0.25) is 0 Å². The Balaban J connectivity index is 2.54. The zero-order valence-corrected chi connectivity index (χ0v) is 9.08. The van der Waals surface area contributed by atoms with E-state index in [4.69, 9.17) is 10.00 Å². The highest BCUT2D eigenvalue weighted by Crippen LogP contribution is 2.21. The number of halogens is 1. The third kappa shape index (κ3) is 1.97. The molecule has 1 N–H and O–H groups in total. The second-order valence-corrected chi connectivity index (χ2v) is 3.43. The van der Waals surface area contributed by atoms with Crippen LogP contribution in [0.25, 0.3) is 10.9 Å². The van der Waals surface area contributed by atoms with E-state index in [-0.39, 0.29) is 23.3 Å². The molecule has 1 heterocycles. The van der Waals surface area contributed by atoms with Gasteiger partial charge in [-0.1, -0.05) is 0 Å². The number of hydrogen-bond acceptors (Lipinski definition) is 3. The molecule has 0 aliphatic heterocycles. The fraction of sp³-hybridized carbons (Fsp3) is 0.167. The molecule has 86 valence electrons. The van der Waals surface area contributed by atoms with E-state index < -0.39 is 11.8 Å². The van der Waals surface area contributed by atoms with Crippen LogP contribution in [0.3, 0.4) is 0 Å². The number of H-pyrrole nitrogens is 1. The summed E-state index contributed by atoms with van der Waals surface area (Å²) in [5.74, 6) is -1.08. The molecule has 4 nitrogen and oxygen atoms in total. The molecule has 0 saturated heterocycles. The second-order valence-electron chi connectivity index (χ2n) is 3.43. The smallest absolute Gasteiger partial charge is 0.354 e. The van der Waals surface area contributed by atoms with Gasteiger partial charge in [0.15, 0.2) is 0 Å². The summed E-state index contributed by atoms with van der Waals surface area (Å²) in [6.45, 7) is 1.94. The molecule has 2 aromatic rings. The summed E-state index contributed by atoms with van der Waals surface area (Å²) in [6.07, 6.45) is 0. The van der Waals surface area contributed by atoms with Crippen molar-refractivity contribution in [2.45, 2.75) is 6.92 Å². The molecule has 0 aliphatic carbocycles. The monoisotopic (exact) mass is 232 g/mol. The van der Waals surface area contributed by atoms with E-state index in [1.165, 1.54) is 12.1 Å². The highest BCUT2D eigenvalue weighted by molar-refractivity contribution is 5.95. The maximum Gasteiger partial charge on any atom is 0.354 e. The largest absolute Gasteiger partial charge is 0.461 e. The van der Waals surface area contributed by atoms with Gasteiger partial charge in [0, 0.05) is 5.39 Å². The van der Waals surface area contributed by atoms with Crippen LogP contribution < -0.4 is 0 Å². The molecule has 0 spiro atoms. The summed E-state index contributed by atoms with van der Waals surface area (Å²) in [5, 5.41) is 8.97. The summed E-state index contributed by atoms with van der Waals surface area (Å²) in [6, 6.07) is 5.84. The number of aromatic amines is 1. The van der Waals surface area contributed by atoms with Crippen LogP contribution in [0.2, 0.25) is 0 Å². The van der Waals surface area contributed by atoms with Crippen LogP contribution in [0.15, 0.2) is 18.2 Å². The number of benzene rings is 1. The normalized spacial score (nSPS) is 10.2.